The van der Waals surface area contributed by atoms with Crippen LogP contribution in [0.15, 0.2) is 35.8 Å². The summed E-state index contributed by atoms with van der Waals surface area (Å²) in [6.45, 7) is 3.86. The summed E-state index contributed by atoms with van der Waals surface area (Å²) in [7, 11) is 3.74. The number of aryl methyl sites for hydroxylation is 2. The van der Waals surface area contributed by atoms with Gasteiger partial charge in [0.15, 0.2) is 5.88 Å². The number of aromatic nitrogens is 6. The minimum atomic E-state index is 0.0759. The van der Waals surface area contributed by atoms with Gasteiger partial charge in [0.05, 0.1) is 47.3 Å². The largest absolute Gasteiger partial charge is 0.494 e. The molecule has 4 aromatic rings. The van der Waals surface area contributed by atoms with Crippen LogP contribution in [0.25, 0.3) is 22.2 Å². The topological polar surface area (TPSA) is 96.9 Å². The van der Waals surface area contributed by atoms with Gasteiger partial charge in [0.2, 0.25) is 0 Å². The molecule has 8 nitrogen and oxygen atoms in total. The number of fused-ring (bicyclic) bond motifs is 1. The second-order valence-corrected chi connectivity index (χ2v) is 6.30. The van der Waals surface area contributed by atoms with Crippen LogP contribution in [0.2, 0.25) is 0 Å². The molecule has 26 heavy (non-hydrogen) atoms. The Morgan fingerprint density at radius 3 is 2.65 bits per heavy atom. The van der Waals surface area contributed by atoms with Crippen LogP contribution in [-0.4, -0.2) is 40.3 Å². The van der Waals surface area contributed by atoms with E-state index in [2.05, 4.69) is 25.2 Å². The lowest BCUT2D eigenvalue weighted by Gasteiger charge is -2.03. The monoisotopic (exact) mass is 349 g/mol. The van der Waals surface area contributed by atoms with Crippen molar-refractivity contribution in [2.45, 2.75) is 13.8 Å². The van der Waals surface area contributed by atoms with Gasteiger partial charge in [-0.05, 0) is 19.9 Å². The number of aliphatic imine (C=N–C) groups is 1. The molecule has 0 unspecified atom stereocenters. The number of nitrogens with zero attached hydrogens (tertiary/aromatic N) is 6. The summed E-state index contributed by atoms with van der Waals surface area (Å²) >= 11 is 0. The zero-order valence-electron chi connectivity index (χ0n) is 15.0. The molecule has 4 rings (SSSR count). The average Bonchev–Trinajstić information content (AvgIpc) is 3.25. The van der Waals surface area contributed by atoms with E-state index in [9.17, 15) is 5.11 Å². The molecular weight excluding hydrogens is 330 g/mol. The number of pyridine rings is 1. The van der Waals surface area contributed by atoms with Gasteiger partial charge in [-0.1, -0.05) is 0 Å². The molecule has 0 aliphatic carbocycles. The number of H-pyrrole nitrogens is 1. The van der Waals surface area contributed by atoms with Gasteiger partial charge in [-0.2, -0.15) is 10.2 Å². The van der Waals surface area contributed by atoms with Gasteiger partial charge < -0.3 is 10.1 Å². The molecule has 2 N–H and O–H groups in total. The fourth-order valence-electron chi connectivity index (χ4n) is 3.06. The van der Waals surface area contributed by atoms with Crippen molar-refractivity contribution in [3.63, 3.8) is 0 Å². The highest BCUT2D eigenvalue weighted by Gasteiger charge is 2.17. The third kappa shape index (κ3) is 2.55. The van der Waals surface area contributed by atoms with Crippen molar-refractivity contribution in [2.24, 2.45) is 19.1 Å². The van der Waals surface area contributed by atoms with Crippen molar-refractivity contribution in [3.05, 3.63) is 42.1 Å². The summed E-state index contributed by atoms with van der Waals surface area (Å²) in [4.78, 5) is 12.0. The first-order valence-corrected chi connectivity index (χ1v) is 8.18. The van der Waals surface area contributed by atoms with Gasteiger partial charge >= 0.3 is 0 Å². The Hall–Kier alpha value is -3.42. The zero-order chi connectivity index (χ0) is 18.4. The Labute approximate surface area is 149 Å². The predicted molar refractivity (Wildman–Crippen MR) is 99.8 cm³/mol. The van der Waals surface area contributed by atoms with E-state index < -0.39 is 0 Å². The summed E-state index contributed by atoms with van der Waals surface area (Å²) < 4.78 is 3.50. The van der Waals surface area contributed by atoms with E-state index in [1.807, 2.05) is 44.9 Å². The average molecular weight is 349 g/mol. The van der Waals surface area contributed by atoms with Crippen molar-refractivity contribution in [3.8, 4) is 17.1 Å². The van der Waals surface area contributed by atoms with Gasteiger partial charge in [0, 0.05) is 30.7 Å². The molecule has 4 heterocycles. The first-order valence-electron chi connectivity index (χ1n) is 8.18. The lowest BCUT2D eigenvalue weighted by molar-refractivity contribution is 0.457. The minimum absolute atomic E-state index is 0.0759. The first kappa shape index (κ1) is 16.1. The maximum Gasteiger partial charge on any atom is 0.198 e. The van der Waals surface area contributed by atoms with Gasteiger partial charge in [0.25, 0.3) is 0 Å². The number of aromatic amines is 1. The SMILES string of the molecule is CC(=Nc1cnn(C)c1)c1c(O)[nH]c2cnc(-c3cnn(C)c3C)cc12. The van der Waals surface area contributed by atoms with E-state index in [1.54, 1.807) is 23.3 Å². The molecule has 0 atom stereocenters. The van der Waals surface area contributed by atoms with Crippen molar-refractivity contribution in [1.82, 2.24) is 29.5 Å². The maximum atomic E-state index is 10.4. The number of hydrogen-bond acceptors (Lipinski definition) is 5. The molecule has 0 aliphatic rings. The number of hydrogen-bond donors (Lipinski definition) is 2. The van der Waals surface area contributed by atoms with E-state index in [4.69, 9.17) is 0 Å². The quantitative estimate of drug-likeness (QED) is 0.556. The Balaban J connectivity index is 1.87. The van der Waals surface area contributed by atoms with Gasteiger partial charge in [-0.15, -0.1) is 0 Å². The molecule has 132 valence electrons. The molecular formula is C18H19N7O. The number of aromatic hydroxyl groups is 1. The standard InChI is InChI=1S/C18H19N7O/c1-10(22-12-6-20-24(3)9-12)17-13-5-15(14-7-21-25(4)11(14)2)19-8-16(13)23-18(17)26/h5-9,23,26H,1-4H3. The van der Waals surface area contributed by atoms with Crippen LogP contribution in [0.3, 0.4) is 0 Å². The Kier molecular flexibility index (Phi) is 3.61. The van der Waals surface area contributed by atoms with Gasteiger partial charge in [-0.3, -0.25) is 14.3 Å². The van der Waals surface area contributed by atoms with Gasteiger partial charge in [0.1, 0.15) is 5.69 Å². The molecule has 0 aliphatic heterocycles. The van der Waals surface area contributed by atoms with Gasteiger partial charge in [-0.25, -0.2) is 4.99 Å². The lowest BCUT2D eigenvalue weighted by Crippen LogP contribution is -1.95. The second-order valence-electron chi connectivity index (χ2n) is 6.30. The molecule has 0 saturated heterocycles. The molecule has 0 radical (unpaired) electrons. The third-order valence-corrected chi connectivity index (χ3v) is 4.52. The van der Waals surface area contributed by atoms with Crippen LogP contribution in [0.4, 0.5) is 5.69 Å². The maximum absolute atomic E-state index is 10.4. The van der Waals surface area contributed by atoms with Crippen LogP contribution in [0.1, 0.15) is 18.2 Å². The summed E-state index contributed by atoms with van der Waals surface area (Å²) in [6.07, 6.45) is 7.02. The fraction of sp³-hybridized carbons (Fsp3) is 0.222. The Morgan fingerprint density at radius 2 is 2.00 bits per heavy atom. The Bertz CT molecular complexity index is 1150. The molecule has 0 aromatic carbocycles. The van der Waals surface area contributed by atoms with Crippen LogP contribution in [0.5, 0.6) is 5.88 Å². The highest BCUT2D eigenvalue weighted by Crippen LogP contribution is 2.32. The van der Waals surface area contributed by atoms with Crippen LogP contribution < -0.4 is 0 Å². The van der Waals surface area contributed by atoms with Crippen LogP contribution >= 0.6 is 0 Å². The summed E-state index contributed by atoms with van der Waals surface area (Å²) in [5, 5.41) is 19.7. The molecule has 0 bridgehead atoms. The van der Waals surface area contributed by atoms with E-state index >= 15 is 0 Å². The summed E-state index contributed by atoms with van der Waals surface area (Å²) in [5.74, 6) is 0.0759. The smallest absolute Gasteiger partial charge is 0.198 e. The predicted octanol–water partition coefficient (Wildman–Crippen LogP) is 2.85. The third-order valence-electron chi connectivity index (χ3n) is 4.52. The van der Waals surface area contributed by atoms with Crippen LogP contribution in [0, 0.1) is 6.92 Å². The summed E-state index contributed by atoms with van der Waals surface area (Å²) in [6, 6.07) is 1.95. The Morgan fingerprint density at radius 1 is 1.19 bits per heavy atom. The fourth-order valence-corrected chi connectivity index (χ4v) is 3.06. The molecule has 8 heteroatoms. The summed E-state index contributed by atoms with van der Waals surface area (Å²) in [5.41, 5.74) is 5.63. The van der Waals surface area contributed by atoms with E-state index in [0.717, 1.165) is 33.5 Å². The van der Waals surface area contributed by atoms with Crippen molar-refractivity contribution in [2.75, 3.05) is 0 Å². The second kappa shape index (κ2) is 5.83. The highest BCUT2D eigenvalue weighted by molar-refractivity contribution is 6.13. The molecule has 0 spiro atoms. The first-order chi connectivity index (χ1) is 12.4. The number of nitrogens with one attached hydrogen (secondary N) is 1. The van der Waals surface area contributed by atoms with Crippen molar-refractivity contribution in [1.29, 1.82) is 0 Å². The molecule has 0 saturated carbocycles. The normalized spacial score (nSPS) is 12.2. The van der Waals surface area contributed by atoms with E-state index in [0.29, 0.717) is 11.3 Å². The molecule has 4 aromatic heterocycles. The van der Waals surface area contributed by atoms with Crippen LogP contribution in [-0.2, 0) is 14.1 Å². The minimum Gasteiger partial charge on any atom is -0.494 e. The van der Waals surface area contributed by atoms with Crippen molar-refractivity contribution < 1.29 is 5.11 Å². The molecule has 0 amide bonds. The zero-order valence-corrected chi connectivity index (χ0v) is 15.0. The van der Waals surface area contributed by atoms with E-state index in [1.165, 1.54) is 0 Å². The molecule has 0 fully saturated rings. The van der Waals surface area contributed by atoms with E-state index in [-0.39, 0.29) is 5.88 Å². The van der Waals surface area contributed by atoms with Crippen molar-refractivity contribution >= 4 is 22.3 Å². The highest BCUT2D eigenvalue weighted by atomic mass is 16.3. The lowest BCUT2D eigenvalue weighted by atomic mass is 10.1. The number of rotatable bonds is 3.